The van der Waals surface area contributed by atoms with Crippen LogP contribution in [0.25, 0.3) is 54.2 Å². The summed E-state index contributed by atoms with van der Waals surface area (Å²) in [5.41, 5.74) is 4.63. The highest BCUT2D eigenvalue weighted by molar-refractivity contribution is 6.10. The van der Waals surface area contributed by atoms with E-state index in [1.165, 1.54) is 86.0 Å². The van der Waals surface area contributed by atoms with Gasteiger partial charge in [-0.1, -0.05) is 103 Å². The van der Waals surface area contributed by atoms with E-state index in [0.717, 1.165) is 5.56 Å². The van der Waals surface area contributed by atoms with Crippen molar-refractivity contribution >= 4 is 43.1 Å². The fourth-order valence-electron chi connectivity index (χ4n) is 6.14. The highest BCUT2D eigenvalue weighted by Gasteiger charge is 2.14. The van der Waals surface area contributed by atoms with Crippen molar-refractivity contribution in [2.45, 2.75) is 25.7 Å². The van der Waals surface area contributed by atoms with Crippen molar-refractivity contribution in [1.29, 1.82) is 0 Å². The zero-order valence-corrected chi connectivity index (χ0v) is 21.8. The molecular weight excluding hydrogens is 475 g/mol. The molecule has 0 atom stereocenters. The van der Waals surface area contributed by atoms with Crippen LogP contribution < -0.4 is 0 Å². The standard InChI is InChI=1S/C24H19F.C14H10/c25-24-8-4-3-7-20(24)18-10-9-17-12-13-21-19-6-2-1-5-16(19)11-14-22(21)23(17)15-18;1-2-6-12-10-14-8-4-3-7-13(14)9-11(12)5-1/h3-4,7-15H,1-2,5-6H2;1-10H. The van der Waals surface area contributed by atoms with Gasteiger partial charge in [-0.05, 0) is 110 Å². The summed E-state index contributed by atoms with van der Waals surface area (Å²) >= 11 is 0. The van der Waals surface area contributed by atoms with Gasteiger partial charge in [0, 0.05) is 5.56 Å². The van der Waals surface area contributed by atoms with Crippen LogP contribution in [0.15, 0.2) is 127 Å². The summed E-state index contributed by atoms with van der Waals surface area (Å²) in [5.74, 6) is -0.167. The molecule has 39 heavy (non-hydrogen) atoms. The number of hydrogen-bond donors (Lipinski definition) is 0. The van der Waals surface area contributed by atoms with Gasteiger partial charge >= 0.3 is 0 Å². The molecule has 0 saturated heterocycles. The van der Waals surface area contributed by atoms with Gasteiger partial charge < -0.3 is 0 Å². The summed E-state index contributed by atoms with van der Waals surface area (Å²) in [6.45, 7) is 0. The van der Waals surface area contributed by atoms with Crippen LogP contribution in [-0.4, -0.2) is 0 Å². The van der Waals surface area contributed by atoms with Crippen molar-refractivity contribution in [3.63, 3.8) is 0 Å². The predicted molar refractivity (Wildman–Crippen MR) is 165 cm³/mol. The molecule has 188 valence electrons. The van der Waals surface area contributed by atoms with Crippen molar-refractivity contribution in [2.24, 2.45) is 0 Å². The molecule has 0 bridgehead atoms. The summed E-state index contributed by atoms with van der Waals surface area (Å²) in [6, 6.07) is 43.7. The second-order valence-corrected chi connectivity index (χ2v) is 10.5. The third kappa shape index (κ3) is 4.45. The Bertz CT molecular complexity index is 1880. The Labute approximate surface area is 228 Å². The number of halogens is 1. The molecule has 0 heterocycles. The molecule has 0 nitrogen and oxygen atoms in total. The van der Waals surface area contributed by atoms with Crippen LogP contribution in [0.4, 0.5) is 4.39 Å². The van der Waals surface area contributed by atoms with Crippen LogP contribution in [-0.2, 0) is 12.8 Å². The monoisotopic (exact) mass is 504 g/mol. The van der Waals surface area contributed by atoms with Crippen LogP contribution in [0.3, 0.4) is 0 Å². The van der Waals surface area contributed by atoms with E-state index in [4.69, 9.17) is 0 Å². The fourth-order valence-corrected chi connectivity index (χ4v) is 6.14. The zero-order chi connectivity index (χ0) is 26.2. The lowest BCUT2D eigenvalue weighted by Gasteiger charge is -2.19. The first-order chi connectivity index (χ1) is 19.2. The third-order valence-corrected chi connectivity index (χ3v) is 8.15. The Hall–Kier alpha value is -4.49. The Morgan fingerprint density at radius 2 is 1.03 bits per heavy atom. The molecule has 0 spiro atoms. The molecule has 0 amide bonds. The maximum Gasteiger partial charge on any atom is 0.131 e. The topological polar surface area (TPSA) is 0 Å². The molecule has 0 fully saturated rings. The van der Waals surface area contributed by atoms with Crippen molar-refractivity contribution in [2.75, 3.05) is 0 Å². The average Bonchev–Trinajstić information content (AvgIpc) is 3.00. The summed E-state index contributed by atoms with van der Waals surface area (Å²) < 4.78 is 14.2. The van der Waals surface area contributed by atoms with Gasteiger partial charge in [0.25, 0.3) is 0 Å². The zero-order valence-electron chi connectivity index (χ0n) is 21.8. The summed E-state index contributed by atoms with van der Waals surface area (Å²) in [7, 11) is 0. The predicted octanol–water partition coefficient (Wildman–Crippen LogP) is 10.7. The average molecular weight is 505 g/mol. The van der Waals surface area contributed by atoms with Gasteiger partial charge in [-0.25, -0.2) is 4.39 Å². The smallest absolute Gasteiger partial charge is 0.131 e. The Morgan fingerprint density at radius 3 is 1.72 bits per heavy atom. The molecule has 0 unspecified atom stereocenters. The normalized spacial score (nSPS) is 12.8. The van der Waals surface area contributed by atoms with Crippen molar-refractivity contribution in [3.8, 4) is 11.1 Å². The molecule has 0 N–H and O–H groups in total. The Morgan fingerprint density at radius 1 is 0.436 bits per heavy atom. The second kappa shape index (κ2) is 10.0. The van der Waals surface area contributed by atoms with Crippen LogP contribution in [0, 0.1) is 5.82 Å². The molecule has 0 saturated carbocycles. The number of fused-ring (bicyclic) bond motifs is 7. The first-order valence-electron chi connectivity index (χ1n) is 13.8. The molecule has 1 aliphatic rings. The number of aryl methyl sites for hydroxylation is 2. The van der Waals surface area contributed by atoms with E-state index in [-0.39, 0.29) is 5.82 Å². The van der Waals surface area contributed by atoms with Gasteiger partial charge in [-0.15, -0.1) is 0 Å². The summed E-state index contributed by atoms with van der Waals surface area (Å²) in [4.78, 5) is 0. The first kappa shape index (κ1) is 23.6. The number of hydrogen-bond acceptors (Lipinski definition) is 0. The molecule has 0 aromatic heterocycles. The highest BCUT2D eigenvalue weighted by Crippen LogP contribution is 2.35. The Balaban J connectivity index is 0.000000153. The minimum absolute atomic E-state index is 0.167. The lowest BCUT2D eigenvalue weighted by Crippen LogP contribution is -2.03. The molecular formula is C38H29F. The van der Waals surface area contributed by atoms with E-state index < -0.39 is 0 Å². The van der Waals surface area contributed by atoms with Gasteiger partial charge in [0.2, 0.25) is 0 Å². The summed E-state index contributed by atoms with van der Waals surface area (Å²) in [5, 5.41) is 10.3. The third-order valence-electron chi connectivity index (χ3n) is 8.15. The highest BCUT2D eigenvalue weighted by atomic mass is 19.1. The van der Waals surface area contributed by atoms with Crippen LogP contribution in [0.1, 0.15) is 24.0 Å². The van der Waals surface area contributed by atoms with E-state index in [1.807, 2.05) is 18.2 Å². The quantitative estimate of drug-likeness (QED) is 0.154. The molecule has 7 aromatic rings. The Kier molecular flexibility index (Phi) is 6.06. The van der Waals surface area contributed by atoms with Gasteiger partial charge in [0.1, 0.15) is 5.82 Å². The van der Waals surface area contributed by atoms with Crippen LogP contribution in [0.2, 0.25) is 0 Å². The second-order valence-electron chi connectivity index (χ2n) is 10.5. The van der Waals surface area contributed by atoms with Crippen LogP contribution >= 0.6 is 0 Å². The molecule has 1 aliphatic carbocycles. The van der Waals surface area contributed by atoms with E-state index >= 15 is 0 Å². The van der Waals surface area contributed by atoms with Crippen molar-refractivity contribution in [1.82, 2.24) is 0 Å². The molecule has 7 aromatic carbocycles. The van der Waals surface area contributed by atoms with Crippen LogP contribution in [0.5, 0.6) is 0 Å². The largest absolute Gasteiger partial charge is 0.206 e. The first-order valence-corrected chi connectivity index (χ1v) is 13.8. The summed E-state index contributed by atoms with van der Waals surface area (Å²) in [6.07, 6.45) is 4.94. The maximum atomic E-state index is 14.2. The molecule has 1 heteroatoms. The lowest BCUT2D eigenvalue weighted by molar-refractivity contribution is 0.631. The molecule has 0 radical (unpaired) electrons. The van der Waals surface area contributed by atoms with Crippen molar-refractivity contribution < 1.29 is 4.39 Å². The van der Waals surface area contributed by atoms with E-state index in [0.29, 0.717) is 5.56 Å². The minimum atomic E-state index is -0.167. The van der Waals surface area contributed by atoms with E-state index in [9.17, 15) is 4.39 Å². The van der Waals surface area contributed by atoms with E-state index in [1.54, 1.807) is 6.07 Å². The van der Waals surface area contributed by atoms with Crippen molar-refractivity contribution in [3.05, 3.63) is 144 Å². The number of rotatable bonds is 1. The van der Waals surface area contributed by atoms with E-state index in [2.05, 4.69) is 97.1 Å². The van der Waals surface area contributed by atoms with Gasteiger partial charge in [0.05, 0.1) is 0 Å². The van der Waals surface area contributed by atoms with Gasteiger partial charge in [-0.2, -0.15) is 0 Å². The van der Waals surface area contributed by atoms with Gasteiger partial charge in [0.15, 0.2) is 0 Å². The SMILES string of the molecule is Fc1ccccc1-c1ccc2ccc3c4c(ccc3c2c1)CCCC4.c1ccc2cc3ccccc3cc2c1. The molecule has 0 aliphatic heterocycles. The molecule has 8 rings (SSSR count). The van der Waals surface area contributed by atoms with Gasteiger partial charge in [-0.3, -0.25) is 0 Å². The lowest BCUT2D eigenvalue weighted by atomic mass is 9.86. The maximum absolute atomic E-state index is 14.2. The number of benzene rings is 7. The fraction of sp³-hybridized carbons (Fsp3) is 0.105. The minimum Gasteiger partial charge on any atom is -0.206 e.